The molecule has 0 saturated heterocycles. The molecule has 4 nitrogen and oxygen atoms in total. The van der Waals surface area contributed by atoms with Gasteiger partial charge in [-0.2, -0.15) is 0 Å². The van der Waals surface area contributed by atoms with Gasteiger partial charge in [0, 0.05) is 6.61 Å². The molecule has 1 atom stereocenters. The van der Waals surface area contributed by atoms with E-state index >= 15 is 0 Å². The molecule has 0 fully saturated rings. The van der Waals surface area contributed by atoms with Crippen molar-refractivity contribution < 1.29 is 19.0 Å². The van der Waals surface area contributed by atoms with Gasteiger partial charge in [0.1, 0.15) is 23.7 Å². The third kappa shape index (κ3) is 8.87. The molecule has 2 aromatic carbocycles. The number of para-hydroxylation sites is 1. The molecule has 150 valence electrons. The topological polar surface area (TPSA) is 44.8 Å². The Kier molecular flexibility index (Phi) is 8.27. The van der Waals surface area contributed by atoms with Crippen LogP contribution in [-0.4, -0.2) is 24.8 Å². The maximum atomic E-state index is 11.6. The fourth-order valence-corrected chi connectivity index (χ4v) is 2.44. The Hall–Kier alpha value is -2.59. The van der Waals surface area contributed by atoms with E-state index in [9.17, 15) is 4.79 Å². The Morgan fingerprint density at radius 2 is 1.64 bits per heavy atom. The second-order valence-electron chi connectivity index (χ2n) is 7.75. The summed E-state index contributed by atoms with van der Waals surface area (Å²) in [5.74, 6) is 1.66. The largest absolute Gasteiger partial charge is 0.458 e. The van der Waals surface area contributed by atoms with Crippen molar-refractivity contribution in [1.82, 2.24) is 0 Å². The highest BCUT2D eigenvalue weighted by Crippen LogP contribution is 2.21. The minimum atomic E-state index is -0.474. The average Bonchev–Trinajstić information content (AvgIpc) is 2.64. The normalized spacial score (nSPS) is 12.7. The first-order chi connectivity index (χ1) is 13.3. The Morgan fingerprint density at radius 1 is 1.00 bits per heavy atom. The fraction of sp³-hybridized carbons (Fsp3) is 0.375. The van der Waals surface area contributed by atoms with E-state index in [1.807, 2.05) is 75.4 Å². The summed E-state index contributed by atoms with van der Waals surface area (Å²) in [5, 5.41) is 0. The highest BCUT2D eigenvalue weighted by molar-refractivity contribution is 5.71. The van der Waals surface area contributed by atoms with Crippen molar-refractivity contribution in [1.29, 1.82) is 0 Å². The van der Waals surface area contributed by atoms with Crippen molar-refractivity contribution >= 4 is 12.0 Å². The van der Waals surface area contributed by atoms with E-state index in [-0.39, 0.29) is 12.6 Å². The van der Waals surface area contributed by atoms with Gasteiger partial charge in [-0.25, -0.2) is 4.79 Å². The highest BCUT2D eigenvalue weighted by Gasteiger charge is 2.15. The molecule has 28 heavy (non-hydrogen) atoms. The van der Waals surface area contributed by atoms with E-state index < -0.39 is 5.60 Å². The van der Waals surface area contributed by atoms with E-state index in [0.29, 0.717) is 12.5 Å². The lowest BCUT2D eigenvalue weighted by molar-refractivity contribution is -0.160. The molecule has 2 rings (SSSR count). The first kappa shape index (κ1) is 21.7. The SMILES string of the molecule is CC(C=Cc1ccc(Oc2ccccc2)cc1)CCOCC(=O)OC(C)(C)C. The van der Waals surface area contributed by atoms with Gasteiger partial charge in [0.15, 0.2) is 0 Å². The Bertz CT molecular complexity index is 742. The van der Waals surface area contributed by atoms with Gasteiger partial charge < -0.3 is 14.2 Å². The molecule has 0 aromatic heterocycles. The second-order valence-corrected chi connectivity index (χ2v) is 7.75. The zero-order chi connectivity index (χ0) is 20.4. The van der Waals surface area contributed by atoms with E-state index in [2.05, 4.69) is 19.1 Å². The van der Waals surface area contributed by atoms with Gasteiger partial charge in [0.25, 0.3) is 0 Å². The molecule has 0 bridgehead atoms. The van der Waals surface area contributed by atoms with Crippen LogP contribution in [0, 0.1) is 5.92 Å². The zero-order valence-corrected chi connectivity index (χ0v) is 17.2. The number of hydrogen-bond acceptors (Lipinski definition) is 4. The van der Waals surface area contributed by atoms with Crippen LogP contribution >= 0.6 is 0 Å². The van der Waals surface area contributed by atoms with Crippen LogP contribution in [0.15, 0.2) is 60.7 Å². The quantitative estimate of drug-likeness (QED) is 0.401. The van der Waals surface area contributed by atoms with Gasteiger partial charge in [0.2, 0.25) is 0 Å². The van der Waals surface area contributed by atoms with Gasteiger partial charge in [0.05, 0.1) is 0 Å². The van der Waals surface area contributed by atoms with Gasteiger partial charge in [-0.15, -0.1) is 0 Å². The lowest BCUT2D eigenvalue weighted by atomic mass is 10.1. The third-order valence-corrected chi connectivity index (χ3v) is 3.83. The highest BCUT2D eigenvalue weighted by atomic mass is 16.6. The maximum absolute atomic E-state index is 11.6. The maximum Gasteiger partial charge on any atom is 0.332 e. The molecule has 0 radical (unpaired) electrons. The summed E-state index contributed by atoms with van der Waals surface area (Å²) < 4.78 is 16.4. The summed E-state index contributed by atoms with van der Waals surface area (Å²) in [6, 6.07) is 17.7. The minimum absolute atomic E-state index is 0.00339. The predicted molar refractivity (Wildman–Crippen MR) is 112 cm³/mol. The fourth-order valence-electron chi connectivity index (χ4n) is 2.44. The molecule has 0 heterocycles. The molecule has 0 amide bonds. The summed E-state index contributed by atoms with van der Waals surface area (Å²) in [5.41, 5.74) is 0.639. The first-order valence-electron chi connectivity index (χ1n) is 9.62. The number of esters is 1. The van der Waals surface area contributed by atoms with Crippen molar-refractivity contribution in [2.45, 2.75) is 39.7 Å². The molecular weight excluding hydrogens is 352 g/mol. The van der Waals surface area contributed by atoms with Gasteiger partial charge in [-0.3, -0.25) is 0 Å². The van der Waals surface area contributed by atoms with Crippen LogP contribution < -0.4 is 4.74 Å². The molecule has 0 aliphatic carbocycles. The van der Waals surface area contributed by atoms with Crippen LogP contribution in [-0.2, 0) is 14.3 Å². The van der Waals surface area contributed by atoms with Gasteiger partial charge in [-0.05, 0) is 62.9 Å². The number of ether oxygens (including phenoxy) is 3. The predicted octanol–water partition coefficient (Wildman–Crippen LogP) is 5.88. The average molecular weight is 383 g/mol. The molecule has 0 saturated carbocycles. The van der Waals surface area contributed by atoms with Crippen LogP contribution in [0.5, 0.6) is 11.5 Å². The third-order valence-electron chi connectivity index (χ3n) is 3.83. The summed E-state index contributed by atoms with van der Waals surface area (Å²) in [6.45, 7) is 8.18. The second kappa shape index (κ2) is 10.7. The number of carbonyl (C=O) groups is 1. The van der Waals surface area contributed by atoms with Crippen molar-refractivity contribution in [3.05, 3.63) is 66.2 Å². The van der Waals surface area contributed by atoms with E-state index in [0.717, 1.165) is 23.5 Å². The Labute approximate surface area is 168 Å². The molecular formula is C24H30O4. The molecule has 0 aliphatic rings. The van der Waals surface area contributed by atoms with Crippen LogP contribution in [0.25, 0.3) is 6.08 Å². The lowest BCUT2D eigenvalue weighted by Gasteiger charge is -2.19. The van der Waals surface area contributed by atoms with E-state index in [1.165, 1.54) is 0 Å². The minimum Gasteiger partial charge on any atom is -0.458 e. The van der Waals surface area contributed by atoms with Crippen molar-refractivity contribution in [2.24, 2.45) is 5.92 Å². The van der Waals surface area contributed by atoms with Crippen molar-refractivity contribution in [3.63, 3.8) is 0 Å². The molecule has 2 aromatic rings. The number of benzene rings is 2. The Balaban J connectivity index is 1.70. The van der Waals surface area contributed by atoms with Crippen molar-refractivity contribution in [2.75, 3.05) is 13.2 Å². The Morgan fingerprint density at radius 3 is 2.29 bits per heavy atom. The standard InChI is InChI=1S/C24H30O4/c1-19(16-17-26-18-23(25)28-24(2,3)4)10-11-20-12-14-22(15-13-20)27-21-8-6-5-7-9-21/h5-15,19H,16-18H2,1-4H3. The summed E-state index contributed by atoms with van der Waals surface area (Å²) in [4.78, 5) is 11.6. The van der Waals surface area contributed by atoms with E-state index in [4.69, 9.17) is 14.2 Å². The number of allylic oxidation sites excluding steroid dienone is 1. The summed E-state index contributed by atoms with van der Waals surface area (Å²) >= 11 is 0. The summed E-state index contributed by atoms with van der Waals surface area (Å²) in [7, 11) is 0. The first-order valence-corrected chi connectivity index (χ1v) is 9.62. The number of hydrogen-bond donors (Lipinski definition) is 0. The molecule has 4 heteroatoms. The lowest BCUT2D eigenvalue weighted by Crippen LogP contribution is -2.26. The van der Waals surface area contributed by atoms with E-state index in [1.54, 1.807) is 0 Å². The summed E-state index contributed by atoms with van der Waals surface area (Å²) in [6.07, 6.45) is 5.07. The van der Waals surface area contributed by atoms with Crippen LogP contribution in [0.3, 0.4) is 0 Å². The molecule has 0 aliphatic heterocycles. The number of rotatable bonds is 9. The molecule has 0 spiro atoms. The van der Waals surface area contributed by atoms with Gasteiger partial charge in [-0.1, -0.05) is 49.4 Å². The van der Waals surface area contributed by atoms with Gasteiger partial charge >= 0.3 is 5.97 Å². The monoisotopic (exact) mass is 382 g/mol. The smallest absolute Gasteiger partial charge is 0.332 e. The van der Waals surface area contributed by atoms with Crippen LogP contribution in [0.2, 0.25) is 0 Å². The molecule has 1 unspecified atom stereocenters. The van der Waals surface area contributed by atoms with Crippen LogP contribution in [0.1, 0.15) is 39.7 Å². The zero-order valence-electron chi connectivity index (χ0n) is 17.2. The van der Waals surface area contributed by atoms with Crippen LogP contribution in [0.4, 0.5) is 0 Å². The molecule has 0 N–H and O–H groups in total. The number of carbonyl (C=O) groups excluding carboxylic acids is 1. The van der Waals surface area contributed by atoms with Crippen molar-refractivity contribution in [3.8, 4) is 11.5 Å².